The van der Waals surface area contributed by atoms with Gasteiger partial charge >= 0.3 is 0 Å². The molecule has 0 aromatic heterocycles. The summed E-state index contributed by atoms with van der Waals surface area (Å²) >= 11 is 0. The number of phenols is 1. The van der Waals surface area contributed by atoms with E-state index in [9.17, 15) is 34.2 Å². The van der Waals surface area contributed by atoms with E-state index in [-0.39, 0.29) is 24.2 Å². The van der Waals surface area contributed by atoms with Gasteiger partial charge < -0.3 is 26.6 Å². The summed E-state index contributed by atoms with van der Waals surface area (Å²) in [6.07, 6.45) is 0.492. The lowest BCUT2D eigenvalue weighted by molar-refractivity contribution is -0.181. The first-order valence-corrected chi connectivity index (χ1v) is 14.5. The molecule has 6 atom stereocenters. The number of rotatable bonds is 8. The molecule has 2 unspecified atom stereocenters. The van der Waals surface area contributed by atoms with Gasteiger partial charge in [-0.15, -0.1) is 0 Å². The van der Waals surface area contributed by atoms with Crippen LogP contribution in [0.4, 0.5) is 5.69 Å². The molecule has 44 heavy (non-hydrogen) atoms. The van der Waals surface area contributed by atoms with E-state index in [0.717, 1.165) is 16.8 Å². The van der Waals surface area contributed by atoms with Gasteiger partial charge in [-0.1, -0.05) is 12.1 Å². The number of anilines is 1. The number of likely N-dealkylation sites (N-methyl/N-ethyl adjacent to an activating group) is 1. The highest BCUT2D eigenvalue weighted by Crippen LogP contribution is 2.52. The zero-order valence-corrected chi connectivity index (χ0v) is 24.7. The van der Waals surface area contributed by atoms with Gasteiger partial charge in [0.25, 0.3) is 0 Å². The van der Waals surface area contributed by atoms with Crippen molar-refractivity contribution in [2.75, 3.05) is 33.0 Å². The smallest absolute Gasteiger partial charge is 0.235 e. The first kappa shape index (κ1) is 31.0. The molecule has 12 nitrogen and oxygen atoms in total. The Morgan fingerprint density at radius 1 is 1.14 bits per heavy atom. The van der Waals surface area contributed by atoms with E-state index < -0.39 is 64.4 Å². The van der Waals surface area contributed by atoms with E-state index in [1.165, 1.54) is 11.0 Å². The number of aliphatic hydroxyl groups is 1. The number of nitrogens with two attached hydrogens (primary N) is 1. The lowest BCUT2D eigenvalue weighted by atomic mass is 9.52. The van der Waals surface area contributed by atoms with E-state index in [4.69, 9.17) is 11.0 Å². The molecule has 6 N–H and O–H groups in total. The number of hydrogen-bond acceptors (Lipinski definition) is 11. The third-order valence-corrected chi connectivity index (χ3v) is 9.33. The van der Waals surface area contributed by atoms with E-state index in [0.29, 0.717) is 30.6 Å². The number of primary amides is 1. The van der Waals surface area contributed by atoms with Crippen LogP contribution in [0.1, 0.15) is 34.3 Å². The van der Waals surface area contributed by atoms with Crippen molar-refractivity contribution in [3.8, 4) is 22.9 Å². The molecular weight excluding hydrogens is 566 g/mol. The number of Topliss-reactive ketones (excluding diaryl/α,β-unsaturated/α-hetero) is 4. The number of carbonyl (C=O) groups is 5. The van der Waals surface area contributed by atoms with Crippen molar-refractivity contribution >= 4 is 34.7 Å². The number of nitrogens with one attached hydrogen (secondary N) is 2. The quantitative estimate of drug-likeness (QED) is 0.209. The second-order valence-corrected chi connectivity index (χ2v) is 12.0. The molecule has 0 aliphatic heterocycles. The van der Waals surface area contributed by atoms with Crippen LogP contribution in [0.3, 0.4) is 0 Å². The molecule has 2 aromatic carbocycles. The molecule has 0 radical (unpaired) electrons. The fraction of sp³-hybridized carbons (Fsp3) is 0.438. The van der Waals surface area contributed by atoms with Crippen LogP contribution in [-0.4, -0.2) is 83.5 Å². The maximum atomic E-state index is 14.1. The third-order valence-electron chi connectivity index (χ3n) is 9.33. The molecule has 2 saturated carbocycles. The average molecular weight is 602 g/mol. The van der Waals surface area contributed by atoms with Crippen LogP contribution in [0.15, 0.2) is 30.3 Å². The Hall–Kier alpha value is -4.44. The predicted octanol–water partition coefficient (Wildman–Crippen LogP) is 0.579. The minimum Gasteiger partial charge on any atom is -0.507 e. The summed E-state index contributed by atoms with van der Waals surface area (Å²) in [5, 5.41) is 37.9. The van der Waals surface area contributed by atoms with Gasteiger partial charge in [0.2, 0.25) is 5.91 Å². The zero-order valence-electron chi connectivity index (χ0n) is 24.7. The van der Waals surface area contributed by atoms with E-state index in [2.05, 4.69) is 16.7 Å². The number of phenolic OH excluding ortho intramolecular Hbond substituents is 1. The molecule has 1 amide bonds. The number of hydrogen-bond donors (Lipinski definition) is 5. The average Bonchev–Trinajstić information content (AvgIpc) is 2.97. The molecule has 0 bridgehead atoms. The molecule has 12 heteroatoms. The standard InChI is InChI=1S/C32H35N5O7/c1-35-21-7-5-15(14-36-10-4-9-33)11-18(21)17-6-8-22(38)24-19(17)12-16-13-20-26(37(2)3)28(40)25(31(34)43)30(42)32(20,44)29(41)23(16)27(24)39/h5-8,11,16,20,23,25-26,35-36,38,44H,4,10,12-14H2,1-3H3,(H2,34,43)/t16-,20-,23?,25?,26-,32-/m0/s1. The number of aromatic hydroxyl groups is 1. The Labute approximate surface area is 254 Å². The first-order chi connectivity index (χ1) is 20.9. The first-order valence-electron chi connectivity index (χ1n) is 14.5. The van der Waals surface area contributed by atoms with E-state index >= 15 is 0 Å². The third kappa shape index (κ3) is 4.68. The number of benzene rings is 2. The fourth-order valence-corrected chi connectivity index (χ4v) is 7.38. The molecule has 0 heterocycles. The zero-order chi connectivity index (χ0) is 32.1. The maximum absolute atomic E-state index is 14.1. The number of amides is 1. The van der Waals surface area contributed by atoms with Gasteiger partial charge in [0.15, 0.2) is 34.7 Å². The van der Waals surface area contributed by atoms with Gasteiger partial charge in [0.1, 0.15) is 5.75 Å². The van der Waals surface area contributed by atoms with Crippen molar-refractivity contribution in [3.63, 3.8) is 0 Å². The molecule has 3 aliphatic carbocycles. The van der Waals surface area contributed by atoms with Gasteiger partial charge in [-0.3, -0.25) is 28.9 Å². The normalized spacial score (nSPS) is 27.8. The summed E-state index contributed by atoms with van der Waals surface area (Å²) in [6.45, 7) is 1.02. The summed E-state index contributed by atoms with van der Waals surface area (Å²) in [5.41, 5.74) is 6.17. The van der Waals surface area contributed by atoms with Crippen molar-refractivity contribution in [1.29, 1.82) is 5.26 Å². The van der Waals surface area contributed by atoms with Crippen molar-refractivity contribution in [2.24, 2.45) is 29.4 Å². The Morgan fingerprint density at radius 2 is 1.86 bits per heavy atom. The summed E-state index contributed by atoms with van der Waals surface area (Å²) in [4.78, 5) is 68.6. The second-order valence-electron chi connectivity index (χ2n) is 12.0. The largest absolute Gasteiger partial charge is 0.507 e. The number of fused-ring (bicyclic) bond motifs is 3. The Morgan fingerprint density at radius 3 is 2.50 bits per heavy atom. The molecule has 3 aliphatic rings. The van der Waals surface area contributed by atoms with Gasteiger partial charge in [-0.05, 0) is 67.7 Å². The molecular formula is C32H35N5O7. The van der Waals surface area contributed by atoms with Crippen molar-refractivity contribution in [1.82, 2.24) is 10.2 Å². The minimum atomic E-state index is -2.77. The molecule has 230 valence electrons. The Bertz CT molecular complexity index is 1630. The second kappa shape index (κ2) is 11.6. The summed E-state index contributed by atoms with van der Waals surface area (Å²) in [6, 6.07) is 9.79. The highest BCUT2D eigenvalue weighted by Gasteiger charge is 2.69. The molecule has 5 rings (SSSR count). The van der Waals surface area contributed by atoms with Gasteiger partial charge in [0.05, 0.1) is 23.6 Å². The number of nitriles is 1. The predicted molar refractivity (Wildman–Crippen MR) is 158 cm³/mol. The van der Waals surface area contributed by atoms with Crippen LogP contribution in [0.5, 0.6) is 5.75 Å². The van der Waals surface area contributed by atoms with Gasteiger partial charge in [0, 0.05) is 43.7 Å². The van der Waals surface area contributed by atoms with E-state index in [1.54, 1.807) is 27.2 Å². The van der Waals surface area contributed by atoms with Crippen LogP contribution in [0.2, 0.25) is 0 Å². The minimum absolute atomic E-state index is 0.0271. The van der Waals surface area contributed by atoms with Crippen molar-refractivity contribution in [3.05, 3.63) is 47.0 Å². The monoisotopic (exact) mass is 601 g/mol. The molecule has 0 spiro atoms. The Balaban J connectivity index is 1.61. The molecule has 2 aromatic rings. The Kier molecular flexibility index (Phi) is 8.15. The lowest BCUT2D eigenvalue weighted by Gasteiger charge is -2.52. The van der Waals surface area contributed by atoms with Crippen LogP contribution in [0.25, 0.3) is 11.1 Å². The van der Waals surface area contributed by atoms with Crippen LogP contribution >= 0.6 is 0 Å². The summed E-state index contributed by atoms with van der Waals surface area (Å²) in [7, 11) is 4.86. The van der Waals surface area contributed by atoms with Crippen LogP contribution < -0.4 is 16.4 Å². The maximum Gasteiger partial charge on any atom is 0.235 e. The topological polar surface area (TPSA) is 203 Å². The van der Waals surface area contributed by atoms with Crippen molar-refractivity contribution < 1.29 is 34.2 Å². The highest BCUT2D eigenvalue weighted by atomic mass is 16.3. The SMILES string of the molecule is CNc1ccc(CNCCC#N)cc1-c1ccc(O)c2c1C[C@H]1C[C@H]3[C@H](N(C)C)C(=O)C(C(N)=O)C(=O)[C@@]3(O)C(=O)C1C2=O. The summed E-state index contributed by atoms with van der Waals surface area (Å²) < 4.78 is 0. The molecule has 0 saturated heterocycles. The number of carbonyl (C=O) groups excluding carboxylic acids is 5. The molecule has 2 fully saturated rings. The number of nitrogens with zero attached hydrogens (tertiary/aromatic N) is 2. The number of ketones is 4. The van der Waals surface area contributed by atoms with E-state index in [1.807, 2.05) is 18.2 Å². The van der Waals surface area contributed by atoms with Crippen molar-refractivity contribution in [2.45, 2.75) is 37.5 Å². The van der Waals surface area contributed by atoms with Gasteiger partial charge in [-0.2, -0.15) is 5.26 Å². The summed E-state index contributed by atoms with van der Waals surface area (Å²) in [5.74, 6) is -10.8. The van der Waals surface area contributed by atoms with Gasteiger partial charge in [-0.25, -0.2) is 0 Å². The fourth-order valence-electron chi connectivity index (χ4n) is 7.38. The lowest BCUT2D eigenvalue weighted by Crippen LogP contribution is -2.74. The highest BCUT2D eigenvalue weighted by molar-refractivity contribution is 6.32. The van der Waals surface area contributed by atoms with Crippen LogP contribution in [0, 0.1) is 35.0 Å². The van der Waals surface area contributed by atoms with Crippen LogP contribution in [-0.2, 0) is 32.1 Å².